The molecule has 126 valence electrons. The zero-order valence-electron chi connectivity index (χ0n) is 13.3. The minimum absolute atomic E-state index is 0.292. The van der Waals surface area contributed by atoms with Crippen LogP contribution in [0.2, 0.25) is 0 Å². The molecule has 0 aliphatic heterocycles. The zero-order valence-corrected chi connectivity index (χ0v) is 14.1. The standard InChI is InChI=1S/C17H20N4O2S/c18-19-20-24(22,23)21(15-13-17-10-5-2-6-11-17)14-7-12-16-8-3-1-4-9-16/h1-6,8-11H,7,12-15H2. The molecule has 0 saturated carbocycles. The second-order valence-electron chi connectivity index (χ2n) is 5.37. The molecule has 24 heavy (non-hydrogen) atoms. The Kier molecular flexibility index (Phi) is 6.81. The molecule has 0 unspecified atom stereocenters. The maximum Gasteiger partial charge on any atom is 0.302 e. The van der Waals surface area contributed by atoms with Crippen LogP contribution in [0.1, 0.15) is 17.5 Å². The van der Waals surface area contributed by atoms with E-state index in [1.54, 1.807) is 0 Å². The lowest BCUT2D eigenvalue weighted by molar-refractivity contribution is 0.408. The molecular formula is C17H20N4O2S. The molecule has 0 N–H and O–H groups in total. The smallest absolute Gasteiger partial charge is 0.204 e. The van der Waals surface area contributed by atoms with Gasteiger partial charge in [-0.05, 0) is 35.9 Å². The van der Waals surface area contributed by atoms with Crippen molar-refractivity contribution in [3.63, 3.8) is 0 Å². The molecule has 6 nitrogen and oxygen atoms in total. The van der Waals surface area contributed by atoms with Gasteiger partial charge in [-0.1, -0.05) is 60.7 Å². The van der Waals surface area contributed by atoms with Gasteiger partial charge >= 0.3 is 10.2 Å². The highest BCUT2D eigenvalue weighted by atomic mass is 32.2. The van der Waals surface area contributed by atoms with Crippen LogP contribution in [0.3, 0.4) is 0 Å². The van der Waals surface area contributed by atoms with Crippen molar-refractivity contribution in [2.45, 2.75) is 19.3 Å². The first-order valence-corrected chi connectivity index (χ1v) is 9.16. The molecule has 0 aliphatic rings. The topological polar surface area (TPSA) is 86.1 Å². The molecule has 0 amide bonds. The summed E-state index contributed by atoms with van der Waals surface area (Å²) in [6.07, 6.45) is 2.01. The first-order chi connectivity index (χ1) is 11.6. The van der Waals surface area contributed by atoms with E-state index < -0.39 is 10.2 Å². The van der Waals surface area contributed by atoms with Gasteiger partial charge in [-0.2, -0.15) is 4.31 Å². The van der Waals surface area contributed by atoms with Gasteiger partial charge in [0, 0.05) is 22.5 Å². The second-order valence-corrected chi connectivity index (χ2v) is 6.95. The van der Waals surface area contributed by atoms with Crippen LogP contribution in [-0.2, 0) is 23.1 Å². The van der Waals surface area contributed by atoms with E-state index in [-0.39, 0.29) is 0 Å². The number of rotatable bonds is 9. The van der Waals surface area contributed by atoms with Gasteiger partial charge in [0.2, 0.25) is 0 Å². The average Bonchev–Trinajstić information content (AvgIpc) is 2.59. The summed E-state index contributed by atoms with van der Waals surface area (Å²) in [6, 6.07) is 19.5. The van der Waals surface area contributed by atoms with E-state index in [1.165, 1.54) is 4.31 Å². The Morgan fingerprint density at radius 2 is 1.42 bits per heavy atom. The van der Waals surface area contributed by atoms with Gasteiger partial charge in [0.15, 0.2) is 0 Å². The highest BCUT2D eigenvalue weighted by Crippen LogP contribution is 2.10. The fourth-order valence-corrected chi connectivity index (χ4v) is 3.32. The summed E-state index contributed by atoms with van der Waals surface area (Å²) in [5, 5.41) is 0. The molecule has 0 aliphatic carbocycles. The maximum atomic E-state index is 12.1. The van der Waals surface area contributed by atoms with Crippen LogP contribution in [-0.4, -0.2) is 25.8 Å². The molecule has 7 heteroatoms. The van der Waals surface area contributed by atoms with Crippen molar-refractivity contribution < 1.29 is 8.42 Å². The van der Waals surface area contributed by atoms with Crippen LogP contribution in [0.4, 0.5) is 0 Å². The molecule has 0 atom stereocenters. The molecule has 0 fully saturated rings. The van der Waals surface area contributed by atoms with E-state index >= 15 is 0 Å². The Labute approximate surface area is 142 Å². The Bertz CT molecular complexity index is 773. The first-order valence-electron chi connectivity index (χ1n) is 7.76. The minimum Gasteiger partial charge on any atom is -0.204 e. The molecule has 0 aromatic heterocycles. The van der Waals surface area contributed by atoms with Gasteiger partial charge in [0.05, 0.1) is 0 Å². The first kappa shape index (κ1) is 18.0. The van der Waals surface area contributed by atoms with E-state index in [2.05, 4.69) is 9.43 Å². The Morgan fingerprint density at radius 3 is 1.96 bits per heavy atom. The fraction of sp³-hybridized carbons (Fsp3) is 0.294. The summed E-state index contributed by atoms with van der Waals surface area (Å²) >= 11 is 0. The highest BCUT2D eigenvalue weighted by molar-refractivity contribution is 7.87. The zero-order chi connectivity index (χ0) is 17.3. The van der Waals surface area contributed by atoms with Crippen molar-refractivity contribution in [3.05, 3.63) is 82.2 Å². The maximum absolute atomic E-state index is 12.1. The Balaban J connectivity index is 1.98. The van der Waals surface area contributed by atoms with E-state index in [0.29, 0.717) is 25.9 Å². The van der Waals surface area contributed by atoms with Crippen LogP contribution < -0.4 is 0 Å². The molecule has 0 heterocycles. The highest BCUT2D eigenvalue weighted by Gasteiger charge is 2.19. The van der Waals surface area contributed by atoms with Gasteiger partial charge in [-0.15, -0.1) is 0 Å². The molecule has 0 spiro atoms. The lowest BCUT2D eigenvalue weighted by Gasteiger charge is -2.19. The molecule has 0 radical (unpaired) electrons. The summed E-state index contributed by atoms with van der Waals surface area (Å²) in [5.74, 6) is 0. The van der Waals surface area contributed by atoms with Crippen molar-refractivity contribution >= 4 is 10.2 Å². The number of hydrogen-bond donors (Lipinski definition) is 0. The lowest BCUT2D eigenvalue weighted by atomic mass is 10.1. The molecule has 0 saturated heterocycles. The number of azide groups is 1. The molecular weight excluding hydrogens is 324 g/mol. The van der Waals surface area contributed by atoms with Crippen LogP contribution in [0.5, 0.6) is 0 Å². The van der Waals surface area contributed by atoms with Crippen LogP contribution >= 0.6 is 0 Å². The minimum atomic E-state index is -3.96. The summed E-state index contributed by atoms with van der Waals surface area (Å²) in [6.45, 7) is 0.614. The predicted molar refractivity (Wildman–Crippen MR) is 94.5 cm³/mol. The van der Waals surface area contributed by atoms with Crippen molar-refractivity contribution in [2.75, 3.05) is 13.1 Å². The predicted octanol–water partition coefficient (Wildman–Crippen LogP) is 3.72. The molecule has 2 aromatic rings. The third-order valence-corrected chi connectivity index (χ3v) is 4.97. The Morgan fingerprint density at radius 1 is 0.875 bits per heavy atom. The summed E-state index contributed by atoms with van der Waals surface area (Å²) in [4.78, 5) is 2.44. The van der Waals surface area contributed by atoms with Crippen LogP contribution in [0.25, 0.3) is 10.4 Å². The van der Waals surface area contributed by atoms with E-state index in [4.69, 9.17) is 5.53 Å². The van der Waals surface area contributed by atoms with Gasteiger partial charge in [-0.25, -0.2) is 8.42 Å². The average molecular weight is 344 g/mol. The van der Waals surface area contributed by atoms with Gasteiger partial charge in [0.25, 0.3) is 0 Å². The normalized spacial score (nSPS) is 11.2. The lowest BCUT2D eigenvalue weighted by Crippen LogP contribution is -2.32. The van der Waals surface area contributed by atoms with E-state index in [1.807, 2.05) is 60.7 Å². The van der Waals surface area contributed by atoms with Gasteiger partial charge in [0.1, 0.15) is 0 Å². The largest absolute Gasteiger partial charge is 0.302 e. The summed E-state index contributed by atoms with van der Waals surface area (Å²) in [5.41, 5.74) is 10.7. The molecule has 2 aromatic carbocycles. The van der Waals surface area contributed by atoms with Crippen molar-refractivity contribution in [3.8, 4) is 0 Å². The van der Waals surface area contributed by atoms with E-state index in [0.717, 1.165) is 17.5 Å². The van der Waals surface area contributed by atoms with Crippen molar-refractivity contribution in [2.24, 2.45) is 4.52 Å². The number of benzene rings is 2. The van der Waals surface area contributed by atoms with Gasteiger partial charge in [-0.3, -0.25) is 0 Å². The summed E-state index contributed by atoms with van der Waals surface area (Å²) < 4.78 is 28.4. The number of nitrogens with zero attached hydrogens (tertiary/aromatic N) is 4. The Hall–Kier alpha value is -2.34. The van der Waals surface area contributed by atoms with Crippen LogP contribution in [0, 0.1) is 0 Å². The second kappa shape index (κ2) is 9.08. The monoisotopic (exact) mass is 344 g/mol. The summed E-state index contributed by atoms with van der Waals surface area (Å²) in [7, 11) is -3.96. The van der Waals surface area contributed by atoms with Crippen molar-refractivity contribution in [1.29, 1.82) is 0 Å². The van der Waals surface area contributed by atoms with Crippen LogP contribution in [0.15, 0.2) is 65.2 Å². The SMILES string of the molecule is [N-]=[N+]=NS(=O)(=O)N(CCCc1ccccc1)CCc1ccccc1. The quantitative estimate of drug-likeness (QED) is 0.394. The van der Waals surface area contributed by atoms with Gasteiger partial charge < -0.3 is 0 Å². The van der Waals surface area contributed by atoms with Crippen molar-refractivity contribution in [1.82, 2.24) is 4.31 Å². The fourth-order valence-electron chi connectivity index (χ4n) is 2.44. The van der Waals surface area contributed by atoms with E-state index in [9.17, 15) is 8.42 Å². The third kappa shape index (κ3) is 5.70. The third-order valence-electron chi connectivity index (χ3n) is 3.67. The number of hydrogen-bond acceptors (Lipinski definition) is 2. The molecule has 0 bridgehead atoms. The number of aryl methyl sites for hydroxylation is 1. The molecule has 2 rings (SSSR count).